The monoisotopic (exact) mass is 295 g/mol. The van der Waals surface area contributed by atoms with Gasteiger partial charge in [-0.3, -0.25) is 0 Å². The minimum atomic E-state index is -4.46. The standard InChI is InChI=1S/C11H13ClF3N3O/c1-6(10(16)18-19)5-17-9-3-7(11(13,14)15)2-8(12)4-9/h2-4,6,17,19H,5H2,1H3,(H2,16,18). The van der Waals surface area contributed by atoms with Gasteiger partial charge in [0.1, 0.15) is 5.84 Å². The number of amidine groups is 1. The summed E-state index contributed by atoms with van der Waals surface area (Å²) in [7, 11) is 0. The summed E-state index contributed by atoms with van der Waals surface area (Å²) in [6.45, 7) is 1.88. The fourth-order valence-electron chi connectivity index (χ4n) is 1.33. The van der Waals surface area contributed by atoms with Crippen LogP contribution in [0.4, 0.5) is 18.9 Å². The molecule has 0 radical (unpaired) electrons. The lowest BCUT2D eigenvalue weighted by Gasteiger charge is -2.14. The number of nitrogens with one attached hydrogen (secondary N) is 1. The summed E-state index contributed by atoms with van der Waals surface area (Å²) in [5, 5.41) is 14.0. The number of hydrogen-bond acceptors (Lipinski definition) is 3. The first kappa shape index (κ1) is 15.4. The van der Waals surface area contributed by atoms with E-state index in [2.05, 4.69) is 10.5 Å². The molecule has 4 N–H and O–H groups in total. The van der Waals surface area contributed by atoms with E-state index >= 15 is 0 Å². The average Bonchev–Trinajstić information content (AvgIpc) is 2.33. The zero-order chi connectivity index (χ0) is 14.6. The van der Waals surface area contributed by atoms with Crippen LogP contribution in [0, 0.1) is 5.92 Å². The van der Waals surface area contributed by atoms with Crippen molar-refractivity contribution < 1.29 is 18.4 Å². The molecule has 1 unspecified atom stereocenters. The second kappa shape index (κ2) is 6.01. The van der Waals surface area contributed by atoms with Crippen molar-refractivity contribution in [2.75, 3.05) is 11.9 Å². The van der Waals surface area contributed by atoms with Gasteiger partial charge in [0.2, 0.25) is 0 Å². The van der Waals surface area contributed by atoms with Crippen molar-refractivity contribution in [1.29, 1.82) is 0 Å². The van der Waals surface area contributed by atoms with Crippen LogP contribution in [0.25, 0.3) is 0 Å². The number of oxime groups is 1. The fourth-order valence-corrected chi connectivity index (χ4v) is 1.56. The first-order valence-corrected chi connectivity index (χ1v) is 5.71. The number of rotatable bonds is 4. The lowest BCUT2D eigenvalue weighted by molar-refractivity contribution is -0.137. The normalized spacial score (nSPS) is 14.3. The summed E-state index contributed by atoms with van der Waals surface area (Å²) < 4.78 is 37.7. The van der Waals surface area contributed by atoms with Crippen LogP contribution < -0.4 is 11.1 Å². The molecule has 4 nitrogen and oxygen atoms in total. The molecule has 0 aromatic heterocycles. The van der Waals surface area contributed by atoms with Crippen LogP contribution in [0.3, 0.4) is 0 Å². The molecule has 0 bridgehead atoms. The van der Waals surface area contributed by atoms with Crippen LogP contribution in [0.15, 0.2) is 23.4 Å². The van der Waals surface area contributed by atoms with Gasteiger partial charge in [0.15, 0.2) is 0 Å². The van der Waals surface area contributed by atoms with Crippen molar-refractivity contribution in [3.05, 3.63) is 28.8 Å². The number of alkyl halides is 3. The van der Waals surface area contributed by atoms with E-state index in [1.165, 1.54) is 6.07 Å². The van der Waals surface area contributed by atoms with Crippen LogP contribution >= 0.6 is 11.6 Å². The Bertz CT molecular complexity index is 477. The number of benzene rings is 1. The maximum atomic E-state index is 12.6. The second-order valence-electron chi connectivity index (χ2n) is 4.03. The van der Waals surface area contributed by atoms with Crippen molar-refractivity contribution in [1.82, 2.24) is 0 Å². The van der Waals surface area contributed by atoms with E-state index in [1.807, 2.05) is 0 Å². The molecule has 0 spiro atoms. The zero-order valence-electron chi connectivity index (χ0n) is 10.0. The minimum absolute atomic E-state index is 0.00873. The van der Waals surface area contributed by atoms with Crippen molar-refractivity contribution in [3.63, 3.8) is 0 Å². The van der Waals surface area contributed by atoms with Crippen LogP contribution in [-0.2, 0) is 6.18 Å². The highest BCUT2D eigenvalue weighted by Gasteiger charge is 2.31. The Morgan fingerprint density at radius 3 is 2.63 bits per heavy atom. The van der Waals surface area contributed by atoms with Crippen molar-refractivity contribution in [3.8, 4) is 0 Å². The Kier molecular flexibility index (Phi) is 4.88. The van der Waals surface area contributed by atoms with Gasteiger partial charge in [-0.05, 0) is 18.2 Å². The van der Waals surface area contributed by atoms with E-state index in [0.717, 1.165) is 12.1 Å². The van der Waals surface area contributed by atoms with Crippen LogP contribution in [0.5, 0.6) is 0 Å². The van der Waals surface area contributed by atoms with Gasteiger partial charge in [-0.25, -0.2) is 0 Å². The first-order valence-electron chi connectivity index (χ1n) is 5.33. The zero-order valence-corrected chi connectivity index (χ0v) is 10.8. The number of nitrogens with zero attached hydrogens (tertiary/aromatic N) is 1. The molecule has 8 heteroatoms. The predicted octanol–water partition coefficient (Wildman–Crippen LogP) is 3.15. The van der Waals surface area contributed by atoms with Crippen molar-refractivity contribution in [2.45, 2.75) is 13.1 Å². The molecule has 0 heterocycles. The molecule has 0 saturated heterocycles. The maximum Gasteiger partial charge on any atom is 0.416 e. The third-order valence-electron chi connectivity index (χ3n) is 2.46. The molecule has 106 valence electrons. The van der Waals surface area contributed by atoms with E-state index in [1.54, 1.807) is 6.92 Å². The highest BCUT2D eigenvalue weighted by Crippen LogP contribution is 2.33. The number of hydrogen-bond donors (Lipinski definition) is 3. The molecule has 19 heavy (non-hydrogen) atoms. The predicted molar refractivity (Wildman–Crippen MR) is 67.5 cm³/mol. The molecular weight excluding hydrogens is 283 g/mol. The lowest BCUT2D eigenvalue weighted by Crippen LogP contribution is -2.27. The third-order valence-corrected chi connectivity index (χ3v) is 2.68. The molecule has 0 amide bonds. The summed E-state index contributed by atoms with van der Waals surface area (Å²) in [6, 6.07) is 3.17. The number of nitrogens with two attached hydrogens (primary N) is 1. The Morgan fingerprint density at radius 1 is 1.47 bits per heavy atom. The topological polar surface area (TPSA) is 70.6 Å². The smallest absolute Gasteiger partial charge is 0.409 e. The Morgan fingerprint density at radius 2 is 2.11 bits per heavy atom. The summed E-state index contributed by atoms with van der Waals surface area (Å²) in [4.78, 5) is 0. The van der Waals surface area contributed by atoms with Gasteiger partial charge < -0.3 is 16.3 Å². The van der Waals surface area contributed by atoms with Crippen LogP contribution in [-0.4, -0.2) is 17.6 Å². The summed E-state index contributed by atoms with van der Waals surface area (Å²) in [6.07, 6.45) is -4.46. The maximum absolute atomic E-state index is 12.6. The van der Waals surface area contributed by atoms with Gasteiger partial charge >= 0.3 is 6.18 Å². The average molecular weight is 296 g/mol. The molecule has 0 saturated carbocycles. The molecule has 1 rings (SSSR count). The highest BCUT2D eigenvalue weighted by molar-refractivity contribution is 6.30. The number of halogens is 4. The van der Waals surface area contributed by atoms with E-state index in [-0.39, 0.29) is 29.0 Å². The molecular formula is C11H13ClF3N3O. The fraction of sp³-hybridized carbons (Fsp3) is 0.364. The molecule has 0 aliphatic heterocycles. The van der Waals surface area contributed by atoms with Gasteiger partial charge in [-0.2, -0.15) is 13.2 Å². The number of anilines is 1. The van der Waals surface area contributed by atoms with Gasteiger partial charge in [-0.1, -0.05) is 23.7 Å². The van der Waals surface area contributed by atoms with E-state index < -0.39 is 11.7 Å². The Balaban J connectivity index is 2.82. The van der Waals surface area contributed by atoms with E-state index in [4.69, 9.17) is 22.5 Å². The summed E-state index contributed by atoms with van der Waals surface area (Å²) >= 11 is 5.63. The molecule has 1 aromatic carbocycles. The molecule has 1 aromatic rings. The Labute approximate surface area is 113 Å². The van der Waals surface area contributed by atoms with Gasteiger partial charge in [0.05, 0.1) is 5.56 Å². The quantitative estimate of drug-likeness (QED) is 0.346. The third kappa shape index (κ3) is 4.51. The van der Waals surface area contributed by atoms with E-state index in [9.17, 15) is 13.2 Å². The minimum Gasteiger partial charge on any atom is -0.409 e. The van der Waals surface area contributed by atoms with Crippen LogP contribution in [0.2, 0.25) is 5.02 Å². The van der Waals surface area contributed by atoms with Gasteiger partial charge in [0, 0.05) is 23.2 Å². The van der Waals surface area contributed by atoms with Crippen molar-refractivity contribution in [2.24, 2.45) is 16.8 Å². The second-order valence-corrected chi connectivity index (χ2v) is 4.47. The van der Waals surface area contributed by atoms with Gasteiger partial charge in [-0.15, -0.1) is 0 Å². The van der Waals surface area contributed by atoms with Crippen LogP contribution in [0.1, 0.15) is 12.5 Å². The summed E-state index contributed by atoms with van der Waals surface area (Å²) in [5.74, 6) is -0.344. The first-order chi connectivity index (χ1) is 8.74. The largest absolute Gasteiger partial charge is 0.416 e. The Hall–Kier alpha value is -1.63. The molecule has 0 aliphatic carbocycles. The lowest BCUT2D eigenvalue weighted by atomic mass is 10.1. The van der Waals surface area contributed by atoms with E-state index in [0.29, 0.717) is 0 Å². The highest BCUT2D eigenvalue weighted by atomic mass is 35.5. The van der Waals surface area contributed by atoms with Crippen molar-refractivity contribution >= 4 is 23.1 Å². The molecule has 0 aliphatic rings. The SMILES string of the molecule is CC(CNc1cc(Cl)cc(C(F)(F)F)c1)/C(N)=N/O. The molecule has 1 atom stereocenters. The summed E-state index contributed by atoms with van der Waals surface area (Å²) in [5.41, 5.74) is 4.75. The molecule has 0 fully saturated rings. The van der Waals surface area contributed by atoms with Gasteiger partial charge in [0.25, 0.3) is 0 Å².